The molecule has 4 rings (SSSR count). The fraction of sp³-hybridized carbons (Fsp3) is 0.531. The van der Waals surface area contributed by atoms with Gasteiger partial charge in [-0.15, -0.1) is 0 Å². The van der Waals surface area contributed by atoms with Crippen molar-refractivity contribution in [2.45, 2.75) is 71.3 Å². The van der Waals surface area contributed by atoms with E-state index in [1.165, 1.54) is 11.3 Å². The van der Waals surface area contributed by atoms with Crippen LogP contribution in [-0.2, 0) is 14.9 Å². The SMILES string of the molecule is CCN(CC)c1ccc(C=CC2N(C)c3ccc(Cl)cc3C2(C)CC)c(OCCOC(=O)C2CCCC2)c1. The van der Waals surface area contributed by atoms with E-state index in [1.807, 2.05) is 6.07 Å². The number of anilines is 2. The summed E-state index contributed by atoms with van der Waals surface area (Å²) in [5.41, 5.74) is 4.61. The van der Waals surface area contributed by atoms with Crippen LogP contribution < -0.4 is 14.5 Å². The van der Waals surface area contributed by atoms with Gasteiger partial charge in [0.15, 0.2) is 0 Å². The Hall–Kier alpha value is -2.66. The van der Waals surface area contributed by atoms with E-state index in [4.69, 9.17) is 21.1 Å². The molecule has 1 aliphatic carbocycles. The molecule has 0 spiro atoms. The van der Waals surface area contributed by atoms with Gasteiger partial charge in [-0.25, -0.2) is 0 Å². The highest BCUT2D eigenvalue weighted by atomic mass is 35.5. The quantitative estimate of drug-likeness (QED) is 0.219. The monoisotopic (exact) mass is 538 g/mol. The first-order valence-electron chi connectivity index (χ1n) is 14.2. The average Bonchev–Trinajstić information content (AvgIpc) is 3.53. The van der Waals surface area contributed by atoms with Gasteiger partial charge in [0.05, 0.1) is 12.0 Å². The van der Waals surface area contributed by atoms with E-state index in [9.17, 15) is 4.79 Å². The van der Waals surface area contributed by atoms with E-state index in [0.29, 0.717) is 6.61 Å². The molecule has 2 atom stereocenters. The highest BCUT2D eigenvalue weighted by molar-refractivity contribution is 6.30. The number of esters is 1. The highest BCUT2D eigenvalue weighted by Gasteiger charge is 2.43. The molecular formula is C32H43ClN2O3. The van der Waals surface area contributed by atoms with E-state index in [-0.39, 0.29) is 30.0 Å². The zero-order chi connectivity index (χ0) is 27.3. The summed E-state index contributed by atoms with van der Waals surface area (Å²) < 4.78 is 11.8. The number of hydrogen-bond donors (Lipinski definition) is 0. The Morgan fingerprint density at radius 2 is 1.84 bits per heavy atom. The van der Waals surface area contributed by atoms with Crippen LogP contribution in [0, 0.1) is 5.92 Å². The van der Waals surface area contributed by atoms with Gasteiger partial charge in [0, 0.05) is 53.6 Å². The minimum atomic E-state index is -0.0779. The molecule has 2 aliphatic rings. The van der Waals surface area contributed by atoms with Crippen LogP contribution in [-0.4, -0.2) is 45.4 Å². The maximum Gasteiger partial charge on any atom is 0.309 e. The molecule has 0 aromatic heterocycles. The lowest BCUT2D eigenvalue weighted by Crippen LogP contribution is -2.39. The molecule has 1 aliphatic heterocycles. The maximum atomic E-state index is 12.3. The molecule has 2 unspecified atom stereocenters. The van der Waals surface area contributed by atoms with Crippen LogP contribution in [0.1, 0.15) is 70.9 Å². The van der Waals surface area contributed by atoms with E-state index >= 15 is 0 Å². The molecule has 1 saturated carbocycles. The second-order valence-corrected chi connectivity index (χ2v) is 11.2. The third-order valence-electron chi connectivity index (χ3n) is 8.62. The minimum Gasteiger partial charge on any atom is -0.489 e. The predicted octanol–water partition coefficient (Wildman–Crippen LogP) is 7.50. The summed E-state index contributed by atoms with van der Waals surface area (Å²) in [4.78, 5) is 17.0. The Bertz CT molecular complexity index is 1140. The first-order valence-corrected chi connectivity index (χ1v) is 14.6. The molecule has 0 bridgehead atoms. The predicted molar refractivity (Wildman–Crippen MR) is 159 cm³/mol. The maximum absolute atomic E-state index is 12.3. The minimum absolute atomic E-state index is 0.0535. The van der Waals surface area contributed by atoms with Crippen LogP contribution in [0.3, 0.4) is 0 Å². The fourth-order valence-electron chi connectivity index (χ4n) is 6.09. The first kappa shape index (κ1) is 28.4. The van der Waals surface area contributed by atoms with Crippen LogP contribution in [0.15, 0.2) is 42.5 Å². The van der Waals surface area contributed by atoms with Gasteiger partial charge < -0.3 is 19.3 Å². The van der Waals surface area contributed by atoms with E-state index in [2.05, 4.69) is 87.0 Å². The van der Waals surface area contributed by atoms with Gasteiger partial charge in [-0.1, -0.05) is 50.4 Å². The van der Waals surface area contributed by atoms with Gasteiger partial charge in [-0.2, -0.15) is 0 Å². The van der Waals surface area contributed by atoms with Gasteiger partial charge in [0.25, 0.3) is 0 Å². The van der Waals surface area contributed by atoms with Gasteiger partial charge in [-0.3, -0.25) is 4.79 Å². The Kier molecular flexibility index (Phi) is 9.30. The number of likely N-dealkylation sites (N-methyl/N-ethyl adjacent to an activating group) is 1. The third-order valence-corrected chi connectivity index (χ3v) is 8.85. The Labute approximate surface area is 233 Å². The average molecular weight is 539 g/mol. The third kappa shape index (κ3) is 5.83. The molecule has 0 amide bonds. The van der Waals surface area contributed by atoms with Crippen LogP contribution in [0.4, 0.5) is 11.4 Å². The van der Waals surface area contributed by atoms with Crippen LogP contribution in [0.2, 0.25) is 5.02 Å². The molecule has 2 aromatic rings. The largest absolute Gasteiger partial charge is 0.489 e. The second-order valence-electron chi connectivity index (χ2n) is 10.7. The highest BCUT2D eigenvalue weighted by Crippen LogP contribution is 2.48. The number of nitrogens with zero attached hydrogens (tertiary/aromatic N) is 2. The van der Waals surface area contributed by atoms with Gasteiger partial charge in [0.2, 0.25) is 0 Å². The number of benzene rings is 2. The van der Waals surface area contributed by atoms with Crippen molar-refractivity contribution < 1.29 is 14.3 Å². The summed E-state index contributed by atoms with van der Waals surface area (Å²) in [6.07, 6.45) is 9.60. The summed E-state index contributed by atoms with van der Waals surface area (Å²) in [6.45, 7) is 11.3. The summed E-state index contributed by atoms with van der Waals surface area (Å²) in [5, 5.41) is 0.776. The zero-order valence-electron chi connectivity index (χ0n) is 23.6. The molecule has 1 heterocycles. The summed E-state index contributed by atoms with van der Waals surface area (Å²) >= 11 is 6.39. The summed E-state index contributed by atoms with van der Waals surface area (Å²) in [6, 6.07) is 12.8. The van der Waals surface area contributed by atoms with Gasteiger partial charge in [0.1, 0.15) is 19.0 Å². The molecule has 0 saturated heterocycles. The number of carbonyl (C=O) groups is 1. The fourth-order valence-corrected chi connectivity index (χ4v) is 6.26. The summed E-state index contributed by atoms with van der Waals surface area (Å²) in [7, 11) is 2.15. The first-order chi connectivity index (χ1) is 18.3. The van der Waals surface area contributed by atoms with Crippen molar-refractivity contribution in [3.63, 3.8) is 0 Å². The number of fused-ring (bicyclic) bond motifs is 1. The summed E-state index contributed by atoms with van der Waals surface area (Å²) in [5.74, 6) is 0.794. The van der Waals surface area contributed by atoms with Crippen molar-refractivity contribution in [3.05, 3.63) is 58.6 Å². The molecule has 2 aromatic carbocycles. The van der Waals surface area contributed by atoms with Crippen molar-refractivity contribution in [3.8, 4) is 5.75 Å². The molecular weight excluding hydrogens is 496 g/mol. The lowest BCUT2D eigenvalue weighted by Gasteiger charge is -2.32. The van der Waals surface area contributed by atoms with Crippen LogP contribution in [0.25, 0.3) is 6.08 Å². The molecule has 1 fully saturated rings. The topological polar surface area (TPSA) is 42.0 Å². The molecule has 206 valence electrons. The van der Waals surface area contributed by atoms with E-state index in [1.54, 1.807) is 0 Å². The Morgan fingerprint density at radius 1 is 1.11 bits per heavy atom. The number of halogens is 1. The van der Waals surface area contributed by atoms with Crippen molar-refractivity contribution in [2.24, 2.45) is 5.92 Å². The smallest absolute Gasteiger partial charge is 0.309 e. The Balaban J connectivity index is 1.54. The van der Waals surface area contributed by atoms with Gasteiger partial charge >= 0.3 is 5.97 Å². The molecule has 38 heavy (non-hydrogen) atoms. The molecule has 0 radical (unpaired) electrons. The van der Waals surface area contributed by atoms with Gasteiger partial charge in [-0.05, 0) is 69.0 Å². The van der Waals surface area contributed by atoms with Crippen LogP contribution >= 0.6 is 11.6 Å². The van der Waals surface area contributed by atoms with E-state index in [0.717, 1.165) is 67.2 Å². The number of carbonyl (C=O) groups excluding carboxylic acids is 1. The molecule has 0 N–H and O–H groups in total. The number of ether oxygens (including phenoxy) is 2. The lowest BCUT2D eigenvalue weighted by atomic mass is 9.76. The second kappa shape index (κ2) is 12.5. The molecule has 5 nitrogen and oxygen atoms in total. The molecule has 6 heteroatoms. The van der Waals surface area contributed by atoms with Crippen molar-refractivity contribution in [1.82, 2.24) is 0 Å². The van der Waals surface area contributed by atoms with E-state index < -0.39 is 0 Å². The standard InChI is InChI=1S/C32H43ClN2O3/c1-6-32(4)27-21-25(33)15-17-28(27)34(5)30(32)18-14-23-13-16-26(35(7-2)8-3)22-29(23)37-19-20-38-31(36)24-11-9-10-12-24/h13-18,21-22,24,30H,6-12,19-20H2,1-5H3. The van der Waals surface area contributed by atoms with Crippen molar-refractivity contribution in [1.29, 1.82) is 0 Å². The van der Waals surface area contributed by atoms with Crippen molar-refractivity contribution in [2.75, 3.05) is 43.2 Å². The normalized spacial score (nSPS) is 21.2. The zero-order valence-corrected chi connectivity index (χ0v) is 24.4. The Morgan fingerprint density at radius 3 is 2.53 bits per heavy atom. The lowest BCUT2D eigenvalue weighted by molar-refractivity contribution is -0.149. The van der Waals surface area contributed by atoms with Crippen LogP contribution in [0.5, 0.6) is 5.75 Å². The number of rotatable bonds is 11. The number of hydrogen-bond acceptors (Lipinski definition) is 5. The van der Waals surface area contributed by atoms with Crippen molar-refractivity contribution >= 4 is 35.0 Å².